The topological polar surface area (TPSA) is 79.2 Å². The molecule has 208 valence electrons. The van der Waals surface area contributed by atoms with Crippen molar-refractivity contribution >= 4 is 62.8 Å². The number of carbonyl (C=O) groups excluding carboxylic acids is 2. The molecule has 2 saturated heterocycles. The number of benzene rings is 3. The van der Waals surface area contributed by atoms with Gasteiger partial charge in [0.15, 0.2) is 5.17 Å². The van der Waals surface area contributed by atoms with Crippen molar-refractivity contribution in [3.63, 3.8) is 0 Å². The SMILES string of the molecule is Cc1cccc(NC(=O)Cn2cc(/C=C3/SC(=Nc4ccc(N5CCOCC5)cc4)N(C)C3=O)c3ccccc32)c1. The average Bonchev–Trinajstić information content (AvgIpc) is 3.45. The van der Waals surface area contributed by atoms with Gasteiger partial charge in [-0.15, -0.1) is 0 Å². The summed E-state index contributed by atoms with van der Waals surface area (Å²) in [6.45, 7) is 5.38. The molecule has 0 spiro atoms. The number of fused-ring (bicyclic) bond motifs is 1. The van der Waals surface area contributed by atoms with Crippen LogP contribution in [0.3, 0.4) is 0 Å². The first-order valence-corrected chi connectivity index (χ1v) is 14.4. The van der Waals surface area contributed by atoms with Gasteiger partial charge in [0.25, 0.3) is 5.91 Å². The number of morpholine rings is 1. The Morgan fingerprint density at radius 3 is 2.61 bits per heavy atom. The fraction of sp³-hybridized carbons (Fsp3) is 0.219. The van der Waals surface area contributed by atoms with Gasteiger partial charge in [0, 0.05) is 54.2 Å². The summed E-state index contributed by atoms with van der Waals surface area (Å²) in [6.07, 6.45) is 3.83. The Balaban J connectivity index is 1.22. The molecule has 2 aliphatic heterocycles. The lowest BCUT2D eigenvalue weighted by molar-refractivity contribution is -0.121. The molecule has 0 atom stereocenters. The minimum atomic E-state index is -0.115. The average molecular weight is 566 g/mol. The number of nitrogens with zero attached hydrogens (tertiary/aromatic N) is 4. The Kier molecular flexibility index (Phi) is 7.63. The van der Waals surface area contributed by atoms with Crippen LogP contribution in [-0.4, -0.2) is 59.8 Å². The Hall–Kier alpha value is -4.34. The van der Waals surface area contributed by atoms with E-state index < -0.39 is 0 Å². The quantitative estimate of drug-likeness (QED) is 0.305. The van der Waals surface area contributed by atoms with Crippen LogP contribution in [0, 0.1) is 6.92 Å². The van der Waals surface area contributed by atoms with Gasteiger partial charge in [-0.25, -0.2) is 4.99 Å². The summed E-state index contributed by atoms with van der Waals surface area (Å²) in [7, 11) is 1.75. The molecule has 1 aromatic heterocycles. The molecule has 2 fully saturated rings. The number of carbonyl (C=O) groups is 2. The van der Waals surface area contributed by atoms with E-state index in [2.05, 4.69) is 22.3 Å². The zero-order valence-electron chi connectivity index (χ0n) is 23.0. The number of hydrogen-bond acceptors (Lipinski definition) is 6. The number of likely N-dealkylation sites (N-methyl/N-ethyl adjacent to an activating group) is 1. The third kappa shape index (κ3) is 5.91. The highest BCUT2D eigenvalue weighted by molar-refractivity contribution is 8.18. The highest BCUT2D eigenvalue weighted by atomic mass is 32.2. The number of nitrogens with one attached hydrogen (secondary N) is 1. The minimum absolute atomic E-state index is 0.104. The fourth-order valence-corrected chi connectivity index (χ4v) is 6.04. The predicted octanol–water partition coefficient (Wildman–Crippen LogP) is 5.66. The van der Waals surface area contributed by atoms with Gasteiger partial charge in [0.2, 0.25) is 5.91 Å². The molecule has 2 aliphatic rings. The van der Waals surface area contributed by atoms with Crippen molar-refractivity contribution in [3.8, 4) is 0 Å². The van der Waals surface area contributed by atoms with E-state index in [1.807, 2.05) is 84.4 Å². The number of amidine groups is 1. The van der Waals surface area contributed by atoms with E-state index in [4.69, 9.17) is 9.73 Å². The highest BCUT2D eigenvalue weighted by Crippen LogP contribution is 2.35. The van der Waals surface area contributed by atoms with E-state index in [9.17, 15) is 9.59 Å². The van der Waals surface area contributed by atoms with E-state index in [1.165, 1.54) is 11.8 Å². The van der Waals surface area contributed by atoms with Gasteiger partial charge >= 0.3 is 0 Å². The van der Waals surface area contributed by atoms with Gasteiger partial charge in [-0.05, 0) is 72.8 Å². The summed E-state index contributed by atoms with van der Waals surface area (Å²) in [5.41, 5.74) is 5.60. The molecule has 41 heavy (non-hydrogen) atoms. The number of aromatic nitrogens is 1. The number of para-hydroxylation sites is 1. The number of thioether (sulfide) groups is 1. The number of hydrogen-bond donors (Lipinski definition) is 1. The maximum atomic E-state index is 13.2. The Labute approximate surface area is 243 Å². The van der Waals surface area contributed by atoms with E-state index >= 15 is 0 Å². The number of rotatable bonds is 6. The smallest absolute Gasteiger partial charge is 0.266 e. The van der Waals surface area contributed by atoms with Crippen LogP contribution < -0.4 is 10.2 Å². The van der Waals surface area contributed by atoms with Crippen LogP contribution in [0.4, 0.5) is 17.1 Å². The maximum Gasteiger partial charge on any atom is 0.266 e. The van der Waals surface area contributed by atoms with Gasteiger partial charge in [-0.1, -0.05) is 30.3 Å². The van der Waals surface area contributed by atoms with E-state index in [1.54, 1.807) is 11.9 Å². The second kappa shape index (κ2) is 11.6. The third-order valence-corrected chi connectivity index (χ3v) is 8.24. The lowest BCUT2D eigenvalue weighted by Gasteiger charge is -2.28. The van der Waals surface area contributed by atoms with Crippen molar-refractivity contribution in [2.45, 2.75) is 13.5 Å². The first kappa shape index (κ1) is 26.9. The summed E-state index contributed by atoms with van der Waals surface area (Å²) in [4.78, 5) is 35.3. The number of anilines is 2. The van der Waals surface area contributed by atoms with Crippen LogP contribution in [0.5, 0.6) is 0 Å². The molecule has 2 amide bonds. The molecule has 0 radical (unpaired) electrons. The summed E-state index contributed by atoms with van der Waals surface area (Å²) >= 11 is 1.36. The summed E-state index contributed by atoms with van der Waals surface area (Å²) in [5.74, 6) is -0.219. The van der Waals surface area contributed by atoms with E-state index in [-0.39, 0.29) is 18.4 Å². The van der Waals surface area contributed by atoms with Crippen molar-refractivity contribution in [2.75, 3.05) is 43.6 Å². The number of ether oxygens (including phenoxy) is 1. The molecule has 6 rings (SSSR count). The van der Waals surface area contributed by atoms with E-state index in [0.717, 1.165) is 65.4 Å². The van der Waals surface area contributed by atoms with Crippen molar-refractivity contribution in [2.24, 2.45) is 4.99 Å². The lowest BCUT2D eigenvalue weighted by Crippen LogP contribution is -2.36. The second-order valence-corrected chi connectivity index (χ2v) is 11.1. The summed E-state index contributed by atoms with van der Waals surface area (Å²) in [6, 6.07) is 23.7. The molecule has 4 aromatic rings. The zero-order valence-corrected chi connectivity index (χ0v) is 23.9. The number of aliphatic imine (C=N–C) groups is 1. The zero-order chi connectivity index (χ0) is 28.3. The van der Waals surface area contributed by atoms with Crippen LogP contribution >= 0.6 is 11.8 Å². The molecule has 0 unspecified atom stereocenters. The molecular weight excluding hydrogens is 534 g/mol. The van der Waals surface area contributed by atoms with Gasteiger partial charge < -0.3 is 19.5 Å². The molecule has 0 aliphatic carbocycles. The highest BCUT2D eigenvalue weighted by Gasteiger charge is 2.30. The minimum Gasteiger partial charge on any atom is -0.378 e. The predicted molar refractivity (Wildman–Crippen MR) is 167 cm³/mol. The van der Waals surface area contributed by atoms with Gasteiger partial charge in [0.1, 0.15) is 6.54 Å². The van der Waals surface area contributed by atoms with Crippen LogP contribution in [0.1, 0.15) is 11.1 Å². The molecule has 0 saturated carbocycles. The van der Waals surface area contributed by atoms with Crippen molar-refractivity contribution in [1.82, 2.24) is 9.47 Å². The summed E-state index contributed by atoms with van der Waals surface area (Å²) < 4.78 is 7.37. The standard InChI is InChI=1S/C32H31N5O3S/c1-22-6-5-7-25(18-22)33-30(38)21-37-20-23(27-8-3-4-9-28(27)37)19-29-31(39)35(2)32(41-29)34-24-10-12-26(13-11-24)36-14-16-40-17-15-36/h3-13,18-20H,14-17,21H2,1-2H3,(H,33,38)/b29-19+,34-32?. The Bertz CT molecular complexity index is 1670. The normalized spacial score (nSPS) is 17.7. The summed E-state index contributed by atoms with van der Waals surface area (Å²) in [5, 5.41) is 4.58. The van der Waals surface area contributed by atoms with Crippen LogP contribution in [-0.2, 0) is 20.9 Å². The third-order valence-electron chi connectivity index (χ3n) is 7.18. The van der Waals surface area contributed by atoms with Gasteiger partial charge in [-0.3, -0.25) is 14.5 Å². The maximum absolute atomic E-state index is 13.2. The fourth-order valence-electron chi connectivity index (χ4n) is 5.06. The van der Waals surface area contributed by atoms with Crippen LogP contribution in [0.15, 0.2) is 88.9 Å². The Morgan fingerprint density at radius 1 is 1.05 bits per heavy atom. The second-order valence-electron chi connectivity index (χ2n) is 10.1. The molecule has 0 bridgehead atoms. The molecule has 3 heterocycles. The van der Waals surface area contributed by atoms with E-state index in [0.29, 0.717) is 10.1 Å². The first-order chi connectivity index (χ1) is 19.9. The molecule has 1 N–H and O–H groups in total. The lowest BCUT2D eigenvalue weighted by atomic mass is 10.1. The molecule has 3 aromatic carbocycles. The van der Waals surface area contributed by atoms with Crippen molar-refractivity contribution in [1.29, 1.82) is 0 Å². The Morgan fingerprint density at radius 2 is 1.83 bits per heavy atom. The monoisotopic (exact) mass is 565 g/mol. The van der Waals surface area contributed by atoms with Crippen molar-refractivity contribution < 1.29 is 14.3 Å². The largest absolute Gasteiger partial charge is 0.378 e. The first-order valence-electron chi connectivity index (χ1n) is 13.6. The molecule has 9 heteroatoms. The van der Waals surface area contributed by atoms with Crippen molar-refractivity contribution in [3.05, 3.63) is 95.0 Å². The molecule has 8 nitrogen and oxygen atoms in total. The number of amides is 2. The number of aryl methyl sites for hydroxylation is 1. The molecular formula is C32H31N5O3S. The van der Waals surface area contributed by atoms with Gasteiger partial charge in [-0.2, -0.15) is 0 Å². The van der Waals surface area contributed by atoms with Crippen LogP contribution in [0.2, 0.25) is 0 Å². The van der Waals surface area contributed by atoms with Gasteiger partial charge in [0.05, 0.1) is 23.8 Å². The van der Waals surface area contributed by atoms with Crippen LogP contribution in [0.25, 0.3) is 17.0 Å².